The second-order valence-corrected chi connectivity index (χ2v) is 2.96. The first-order valence-electron chi connectivity index (χ1n) is 3.87. The molecule has 0 bridgehead atoms. The van der Waals surface area contributed by atoms with E-state index < -0.39 is 23.2 Å². The van der Waals surface area contributed by atoms with Gasteiger partial charge in [0.05, 0.1) is 5.56 Å². The van der Waals surface area contributed by atoms with E-state index in [1.807, 2.05) is 0 Å². The molecule has 0 amide bonds. The number of Topliss-reactive ketones (excluding diaryl/α,β-unsaturated/α-hetero) is 1. The minimum absolute atomic E-state index is 0.377. The quantitative estimate of drug-likeness (QED) is 0.656. The van der Waals surface area contributed by atoms with Crippen LogP contribution in [0.2, 0.25) is 0 Å². The van der Waals surface area contributed by atoms with Crippen LogP contribution in [0.4, 0.5) is 13.2 Å². The zero-order valence-electron chi connectivity index (χ0n) is 7.64. The summed E-state index contributed by atoms with van der Waals surface area (Å²) in [5.74, 6) is -0.683. The first-order valence-corrected chi connectivity index (χ1v) is 3.87. The van der Waals surface area contributed by atoms with Crippen LogP contribution < -0.4 is 0 Å². The number of aryl methyl sites for hydroxylation is 1. The third-order valence-electron chi connectivity index (χ3n) is 1.66. The number of hydrogen-bond donors (Lipinski definition) is 0. The number of ketones is 1. The van der Waals surface area contributed by atoms with Gasteiger partial charge in [-0.05, 0) is 18.6 Å². The number of hydrogen-bond acceptors (Lipinski definition) is 2. The molecular weight excluding hydrogens is 195 g/mol. The van der Waals surface area contributed by atoms with Crippen LogP contribution in [0, 0.1) is 6.92 Å². The Labute approximate surface area is 78.8 Å². The summed E-state index contributed by atoms with van der Waals surface area (Å²) in [7, 11) is 0. The van der Waals surface area contributed by atoms with E-state index >= 15 is 0 Å². The van der Waals surface area contributed by atoms with E-state index in [4.69, 9.17) is 0 Å². The van der Waals surface area contributed by atoms with E-state index in [9.17, 15) is 18.0 Å². The Balaban J connectivity index is 3.38. The van der Waals surface area contributed by atoms with Crippen LogP contribution in [0.1, 0.15) is 28.5 Å². The van der Waals surface area contributed by atoms with E-state index in [2.05, 4.69) is 4.98 Å². The van der Waals surface area contributed by atoms with Crippen LogP contribution in [-0.4, -0.2) is 10.8 Å². The fourth-order valence-electron chi connectivity index (χ4n) is 1.07. The summed E-state index contributed by atoms with van der Waals surface area (Å²) in [5.41, 5.74) is -1.12. The lowest BCUT2D eigenvalue weighted by Crippen LogP contribution is -2.13. The lowest BCUT2D eigenvalue weighted by molar-refractivity contribution is -0.138. The number of carbonyl (C=O) groups is 1. The molecule has 1 aromatic rings. The predicted octanol–water partition coefficient (Wildman–Crippen LogP) is 2.61. The highest BCUT2D eigenvalue weighted by molar-refractivity contribution is 5.93. The summed E-state index contributed by atoms with van der Waals surface area (Å²) in [6.45, 7) is 2.55. The number of carbonyl (C=O) groups excluding carboxylic acids is 1. The van der Waals surface area contributed by atoms with Gasteiger partial charge in [-0.2, -0.15) is 13.2 Å². The lowest BCUT2D eigenvalue weighted by atomic mass is 10.1. The summed E-state index contributed by atoms with van der Waals surface area (Å²) < 4.78 is 37.2. The average Bonchev–Trinajstić information content (AvgIpc) is 2.01. The topological polar surface area (TPSA) is 30.0 Å². The van der Waals surface area contributed by atoms with Gasteiger partial charge in [-0.15, -0.1) is 0 Å². The van der Waals surface area contributed by atoms with Crippen molar-refractivity contribution in [1.29, 1.82) is 0 Å². The van der Waals surface area contributed by atoms with Crippen LogP contribution in [-0.2, 0) is 6.18 Å². The molecule has 0 aliphatic rings. The molecule has 0 radical (unpaired) electrons. The van der Waals surface area contributed by atoms with E-state index in [-0.39, 0.29) is 0 Å². The van der Waals surface area contributed by atoms with Crippen LogP contribution in [0.15, 0.2) is 12.3 Å². The number of alkyl halides is 3. The summed E-state index contributed by atoms with van der Waals surface area (Å²) >= 11 is 0. The molecule has 5 heteroatoms. The molecule has 76 valence electrons. The zero-order valence-corrected chi connectivity index (χ0v) is 7.64. The van der Waals surface area contributed by atoms with Gasteiger partial charge in [-0.1, -0.05) is 0 Å². The monoisotopic (exact) mass is 203 g/mol. The maximum absolute atomic E-state index is 12.4. The smallest absolute Gasteiger partial charge is 0.293 e. The van der Waals surface area contributed by atoms with Gasteiger partial charge in [0.2, 0.25) is 0 Å². The molecule has 0 spiro atoms. The lowest BCUT2D eigenvalue weighted by Gasteiger charge is -2.10. The fourth-order valence-corrected chi connectivity index (χ4v) is 1.07. The Kier molecular flexibility index (Phi) is 2.59. The molecule has 0 N–H and O–H groups in total. The molecule has 0 fully saturated rings. The number of pyridine rings is 1. The standard InChI is InChI=1S/C9H8F3NO/c1-5-3-7(9(10,11)12)8(6(2)14)13-4-5/h3-4H,1-2H3. The van der Waals surface area contributed by atoms with Crippen LogP contribution in [0.3, 0.4) is 0 Å². The number of aromatic nitrogens is 1. The van der Waals surface area contributed by atoms with Crippen molar-refractivity contribution >= 4 is 5.78 Å². The van der Waals surface area contributed by atoms with Gasteiger partial charge in [0.1, 0.15) is 5.69 Å². The average molecular weight is 203 g/mol. The number of nitrogens with zero attached hydrogens (tertiary/aromatic N) is 1. The maximum atomic E-state index is 12.4. The first-order chi connectivity index (χ1) is 6.32. The molecule has 14 heavy (non-hydrogen) atoms. The van der Waals surface area contributed by atoms with E-state index in [1.54, 1.807) is 0 Å². The second kappa shape index (κ2) is 3.40. The van der Waals surface area contributed by atoms with Gasteiger partial charge < -0.3 is 0 Å². The first kappa shape index (κ1) is 10.7. The van der Waals surface area contributed by atoms with Gasteiger partial charge in [0.25, 0.3) is 0 Å². The van der Waals surface area contributed by atoms with E-state index in [1.165, 1.54) is 13.1 Å². The van der Waals surface area contributed by atoms with Crippen LogP contribution in [0.25, 0.3) is 0 Å². The van der Waals surface area contributed by atoms with E-state index in [0.29, 0.717) is 5.56 Å². The van der Waals surface area contributed by atoms with Crippen molar-refractivity contribution in [2.24, 2.45) is 0 Å². The molecule has 0 atom stereocenters. The Morgan fingerprint density at radius 1 is 1.43 bits per heavy atom. The van der Waals surface area contributed by atoms with Crippen LogP contribution >= 0.6 is 0 Å². The van der Waals surface area contributed by atoms with Crippen LogP contribution in [0.5, 0.6) is 0 Å². The molecular formula is C9H8F3NO. The van der Waals surface area contributed by atoms with Gasteiger partial charge in [0, 0.05) is 13.1 Å². The molecule has 0 aliphatic carbocycles. The van der Waals surface area contributed by atoms with Gasteiger partial charge in [-0.25, -0.2) is 0 Å². The molecule has 2 nitrogen and oxygen atoms in total. The highest BCUT2D eigenvalue weighted by atomic mass is 19.4. The molecule has 1 aromatic heterocycles. The minimum Gasteiger partial charge on any atom is -0.293 e. The highest BCUT2D eigenvalue weighted by Gasteiger charge is 2.35. The summed E-state index contributed by atoms with van der Waals surface area (Å²) in [6, 6.07) is 0.920. The number of rotatable bonds is 1. The van der Waals surface area contributed by atoms with Crippen molar-refractivity contribution in [3.63, 3.8) is 0 Å². The predicted molar refractivity (Wildman–Crippen MR) is 44.0 cm³/mol. The minimum atomic E-state index is -4.53. The SMILES string of the molecule is CC(=O)c1ncc(C)cc1C(F)(F)F. The van der Waals surface area contributed by atoms with Gasteiger partial charge in [-0.3, -0.25) is 9.78 Å². The Bertz CT molecular complexity index is 371. The van der Waals surface area contributed by atoms with Crippen molar-refractivity contribution in [2.45, 2.75) is 20.0 Å². The van der Waals surface area contributed by atoms with Gasteiger partial charge in [0.15, 0.2) is 5.78 Å². The molecule has 0 unspecified atom stereocenters. The summed E-state index contributed by atoms with van der Waals surface area (Å²) in [4.78, 5) is 14.3. The number of halogens is 3. The molecule has 1 rings (SSSR count). The molecule has 0 aliphatic heterocycles. The Hall–Kier alpha value is -1.39. The van der Waals surface area contributed by atoms with Crippen molar-refractivity contribution in [1.82, 2.24) is 4.98 Å². The second-order valence-electron chi connectivity index (χ2n) is 2.96. The molecule has 1 heterocycles. The third kappa shape index (κ3) is 2.10. The van der Waals surface area contributed by atoms with Crippen molar-refractivity contribution in [2.75, 3.05) is 0 Å². The van der Waals surface area contributed by atoms with Crippen molar-refractivity contribution < 1.29 is 18.0 Å². The summed E-state index contributed by atoms with van der Waals surface area (Å²) in [6.07, 6.45) is -3.29. The highest BCUT2D eigenvalue weighted by Crippen LogP contribution is 2.31. The molecule has 0 aromatic carbocycles. The normalized spacial score (nSPS) is 11.5. The largest absolute Gasteiger partial charge is 0.418 e. The van der Waals surface area contributed by atoms with E-state index in [0.717, 1.165) is 13.0 Å². The maximum Gasteiger partial charge on any atom is 0.418 e. The Morgan fingerprint density at radius 2 is 2.00 bits per heavy atom. The third-order valence-corrected chi connectivity index (χ3v) is 1.66. The van der Waals surface area contributed by atoms with Gasteiger partial charge >= 0.3 is 6.18 Å². The Morgan fingerprint density at radius 3 is 2.43 bits per heavy atom. The van der Waals surface area contributed by atoms with Crippen molar-refractivity contribution in [3.8, 4) is 0 Å². The summed E-state index contributed by atoms with van der Waals surface area (Å²) in [5, 5.41) is 0. The fraction of sp³-hybridized carbons (Fsp3) is 0.333. The molecule has 0 saturated heterocycles. The van der Waals surface area contributed by atoms with Crippen molar-refractivity contribution in [3.05, 3.63) is 29.1 Å². The molecule has 0 saturated carbocycles. The zero-order chi connectivity index (χ0) is 10.9.